The highest BCUT2D eigenvalue weighted by atomic mass is 35.5. The highest BCUT2D eigenvalue weighted by molar-refractivity contribution is 6.31. The number of halogens is 1. The van der Waals surface area contributed by atoms with Crippen molar-refractivity contribution in [3.8, 4) is 0 Å². The number of carboxylic acids is 1. The molecule has 18 heavy (non-hydrogen) atoms. The van der Waals surface area contributed by atoms with Gasteiger partial charge < -0.3 is 10.2 Å². The fraction of sp³-hybridized carbons (Fsp3) is 0.636. The summed E-state index contributed by atoms with van der Waals surface area (Å²) in [5.41, 5.74) is 1.50. The van der Waals surface area contributed by atoms with Crippen LogP contribution in [0.4, 0.5) is 0 Å². The number of aryl methyl sites for hydroxylation is 2. The molecule has 1 saturated heterocycles. The van der Waals surface area contributed by atoms with E-state index in [0.717, 1.165) is 11.4 Å². The van der Waals surface area contributed by atoms with E-state index in [9.17, 15) is 9.90 Å². The smallest absolute Gasteiger partial charge is 0.321 e. The molecule has 0 aromatic carbocycles. The molecule has 2 atom stereocenters. The predicted molar refractivity (Wildman–Crippen MR) is 65.4 cm³/mol. The lowest BCUT2D eigenvalue weighted by Crippen LogP contribution is -2.36. The quantitative estimate of drug-likeness (QED) is 0.834. The van der Waals surface area contributed by atoms with Crippen molar-refractivity contribution in [2.75, 3.05) is 6.54 Å². The van der Waals surface area contributed by atoms with E-state index in [1.807, 2.05) is 0 Å². The molecule has 2 heterocycles. The SMILES string of the molecule is Cc1nn(C)c(CN2CC(O)CC2C(=O)O)c1Cl. The Morgan fingerprint density at radius 1 is 1.61 bits per heavy atom. The van der Waals surface area contributed by atoms with Gasteiger partial charge in [-0.2, -0.15) is 5.10 Å². The third-order valence-electron chi connectivity index (χ3n) is 3.28. The van der Waals surface area contributed by atoms with Gasteiger partial charge in [-0.3, -0.25) is 14.4 Å². The maximum atomic E-state index is 11.1. The number of aliphatic hydroxyl groups is 1. The van der Waals surface area contributed by atoms with E-state index in [0.29, 0.717) is 18.1 Å². The van der Waals surface area contributed by atoms with Gasteiger partial charge in [-0.1, -0.05) is 11.6 Å². The van der Waals surface area contributed by atoms with E-state index >= 15 is 0 Å². The standard InChI is InChI=1S/C11H16ClN3O3/c1-6-10(12)9(14(2)13-6)5-15-4-7(16)3-8(15)11(17)18/h7-8,16H,3-5H2,1-2H3,(H,17,18). The lowest BCUT2D eigenvalue weighted by atomic mass is 10.2. The zero-order valence-corrected chi connectivity index (χ0v) is 11.1. The second kappa shape index (κ2) is 4.87. The molecular weight excluding hydrogens is 258 g/mol. The topological polar surface area (TPSA) is 78.6 Å². The van der Waals surface area contributed by atoms with Crippen molar-refractivity contribution in [1.82, 2.24) is 14.7 Å². The Hall–Kier alpha value is -1.11. The average Bonchev–Trinajstić information content (AvgIpc) is 2.75. The Labute approximate surface area is 110 Å². The van der Waals surface area contributed by atoms with Crippen LogP contribution < -0.4 is 0 Å². The average molecular weight is 274 g/mol. The highest BCUT2D eigenvalue weighted by Crippen LogP contribution is 2.25. The van der Waals surface area contributed by atoms with Gasteiger partial charge in [0.25, 0.3) is 0 Å². The van der Waals surface area contributed by atoms with Crippen LogP contribution in [0.5, 0.6) is 0 Å². The van der Waals surface area contributed by atoms with Crippen molar-refractivity contribution >= 4 is 17.6 Å². The minimum atomic E-state index is -0.915. The van der Waals surface area contributed by atoms with Crippen LogP contribution in [0.15, 0.2) is 0 Å². The van der Waals surface area contributed by atoms with Crippen molar-refractivity contribution in [3.63, 3.8) is 0 Å². The van der Waals surface area contributed by atoms with Gasteiger partial charge in [0.15, 0.2) is 0 Å². The summed E-state index contributed by atoms with van der Waals surface area (Å²) in [5.74, 6) is -0.915. The first-order valence-corrected chi connectivity index (χ1v) is 6.10. The molecule has 0 bridgehead atoms. The Bertz CT molecular complexity index is 474. The molecule has 1 aromatic rings. The number of aromatic nitrogens is 2. The summed E-state index contributed by atoms with van der Waals surface area (Å²) in [6.45, 7) is 2.53. The number of rotatable bonds is 3. The number of likely N-dealkylation sites (tertiary alicyclic amines) is 1. The van der Waals surface area contributed by atoms with Crippen LogP contribution in [0, 0.1) is 6.92 Å². The number of hydrogen-bond acceptors (Lipinski definition) is 4. The highest BCUT2D eigenvalue weighted by Gasteiger charge is 2.36. The second-order valence-corrected chi connectivity index (χ2v) is 5.02. The third kappa shape index (κ3) is 2.36. The van der Waals surface area contributed by atoms with Gasteiger partial charge in [-0.15, -0.1) is 0 Å². The predicted octanol–water partition coefficient (Wildman–Crippen LogP) is 0.402. The molecule has 0 aliphatic carbocycles. The third-order valence-corrected chi connectivity index (χ3v) is 3.77. The van der Waals surface area contributed by atoms with E-state index in [4.69, 9.17) is 16.7 Å². The van der Waals surface area contributed by atoms with Crippen LogP contribution in [0.1, 0.15) is 17.8 Å². The van der Waals surface area contributed by atoms with Gasteiger partial charge >= 0.3 is 5.97 Å². The molecule has 0 spiro atoms. The lowest BCUT2D eigenvalue weighted by molar-refractivity contribution is -0.142. The van der Waals surface area contributed by atoms with Crippen LogP contribution in [-0.4, -0.2) is 49.6 Å². The molecule has 2 unspecified atom stereocenters. The van der Waals surface area contributed by atoms with Crippen LogP contribution in [-0.2, 0) is 18.4 Å². The number of carboxylic acid groups (broad SMARTS) is 1. The summed E-state index contributed by atoms with van der Waals surface area (Å²) < 4.78 is 1.65. The zero-order chi connectivity index (χ0) is 13.4. The molecule has 0 amide bonds. The van der Waals surface area contributed by atoms with Gasteiger partial charge in [-0.25, -0.2) is 0 Å². The van der Waals surface area contributed by atoms with E-state index in [2.05, 4.69) is 5.10 Å². The Morgan fingerprint density at radius 2 is 2.28 bits per heavy atom. The number of aliphatic carboxylic acids is 1. The van der Waals surface area contributed by atoms with E-state index in [-0.39, 0.29) is 6.42 Å². The first-order chi connectivity index (χ1) is 8.40. The van der Waals surface area contributed by atoms with Crippen molar-refractivity contribution < 1.29 is 15.0 Å². The maximum absolute atomic E-state index is 11.1. The number of aliphatic hydroxyl groups excluding tert-OH is 1. The first-order valence-electron chi connectivity index (χ1n) is 5.73. The zero-order valence-electron chi connectivity index (χ0n) is 10.3. The molecule has 100 valence electrons. The molecule has 1 aromatic heterocycles. The molecule has 2 N–H and O–H groups in total. The van der Waals surface area contributed by atoms with Gasteiger partial charge in [0.1, 0.15) is 6.04 Å². The van der Waals surface area contributed by atoms with Crippen molar-refractivity contribution in [2.24, 2.45) is 7.05 Å². The van der Waals surface area contributed by atoms with E-state index in [1.165, 1.54) is 0 Å². The van der Waals surface area contributed by atoms with Crippen molar-refractivity contribution in [3.05, 3.63) is 16.4 Å². The van der Waals surface area contributed by atoms with Crippen molar-refractivity contribution in [1.29, 1.82) is 0 Å². The molecule has 2 rings (SSSR count). The number of β-amino-alcohol motifs (C(OH)–C–C–N with tert-alkyl or cyclic N) is 1. The van der Waals surface area contributed by atoms with E-state index < -0.39 is 18.1 Å². The first kappa shape index (κ1) is 13.3. The number of hydrogen-bond donors (Lipinski definition) is 2. The maximum Gasteiger partial charge on any atom is 0.321 e. The van der Waals surface area contributed by atoms with Gasteiger partial charge in [0.2, 0.25) is 0 Å². The van der Waals surface area contributed by atoms with Crippen LogP contribution in [0.3, 0.4) is 0 Å². The Kier molecular flexibility index (Phi) is 3.61. The summed E-state index contributed by atoms with van der Waals surface area (Å²) in [6, 6.07) is -0.661. The fourth-order valence-electron chi connectivity index (χ4n) is 2.36. The molecule has 7 heteroatoms. The van der Waals surface area contributed by atoms with Crippen LogP contribution in [0.2, 0.25) is 5.02 Å². The molecule has 1 aliphatic heterocycles. The minimum Gasteiger partial charge on any atom is -0.480 e. The fourth-order valence-corrected chi connectivity index (χ4v) is 2.58. The molecule has 6 nitrogen and oxygen atoms in total. The molecular formula is C11H16ClN3O3. The monoisotopic (exact) mass is 273 g/mol. The normalized spacial score (nSPS) is 24.7. The lowest BCUT2D eigenvalue weighted by Gasteiger charge is -2.20. The minimum absolute atomic E-state index is 0.254. The summed E-state index contributed by atoms with van der Waals surface area (Å²) >= 11 is 6.14. The van der Waals surface area contributed by atoms with Crippen LogP contribution >= 0.6 is 11.6 Å². The van der Waals surface area contributed by atoms with Crippen LogP contribution in [0.25, 0.3) is 0 Å². The molecule has 1 aliphatic rings. The molecule has 0 saturated carbocycles. The van der Waals surface area contributed by atoms with Gasteiger partial charge in [0, 0.05) is 26.6 Å². The van der Waals surface area contributed by atoms with E-state index in [1.54, 1.807) is 23.6 Å². The number of carbonyl (C=O) groups is 1. The summed E-state index contributed by atoms with van der Waals surface area (Å²) in [5, 5.41) is 23.4. The summed E-state index contributed by atoms with van der Waals surface area (Å²) in [4.78, 5) is 12.8. The van der Waals surface area contributed by atoms with Gasteiger partial charge in [0.05, 0.1) is 22.5 Å². The Morgan fingerprint density at radius 3 is 2.78 bits per heavy atom. The second-order valence-electron chi connectivity index (χ2n) is 4.64. The largest absolute Gasteiger partial charge is 0.480 e. The Balaban J connectivity index is 2.20. The van der Waals surface area contributed by atoms with Crippen molar-refractivity contribution in [2.45, 2.75) is 32.0 Å². The molecule has 0 radical (unpaired) electrons. The summed E-state index contributed by atoms with van der Waals surface area (Å²) in [6.07, 6.45) is -0.344. The number of nitrogens with zero attached hydrogens (tertiary/aromatic N) is 3. The molecule has 1 fully saturated rings. The summed E-state index contributed by atoms with van der Waals surface area (Å²) in [7, 11) is 1.77. The van der Waals surface area contributed by atoms with Gasteiger partial charge in [-0.05, 0) is 6.92 Å².